The van der Waals surface area contributed by atoms with E-state index in [-0.39, 0.29) is 6.04 Å². The van der Waals surface area contributed by atoms with Crippen LogP contribution in [0.1, 0.15) is 19.4 Å². The Kier molecular flexibility index (Phi) is 5.57. The molecule has 0 unspecified atom stereocenters. The van der Waals surface area contributed by atoms with E-state index in [1.165, 1.54) is 11.1 Å². The van der Waals surface area contributed by atoms with Crippen LogP contribution in [-0.2, 0) is 0 Å². The molecule has 0 spiro atoms. The number of rotatable bonds is 5. The van der Waals surface area contributed by atoms with Crippen LogP contribution in [0.4, 0.5) is 0 Å². The van der Waals surface area contributed by atoms with E-state index in [0.29, 0.717) is 0 Å². The van der Waals surface area contributed by atoms with Gasteiger partial charge in [0.15, 0.2) is 0 Å². The van der Waals surface area contributed by atoms with Gasteiger partial charge in [-0.2, -0.15) is 5.10 Å². The third kappa shape index (κ3) is 4.07. The van der Waals surface area contributed by atoms with Crippen molar-refractivity contribution in [2.24, 2.45) is 10.1 Å². The average Bonchev–Trinajstić information content (AvgIpc) is 3.42. The van der Waals surface area contributed by atoms with Crippen molar-refractivity contribution in [3.63, 3.8) is 0 Å². The summed E-state index contributed by atoms with van der Waals surface area (Å²) < 4.78 is 1.95. The molecule has 0 atom stereocenters. The zero-order valence-electron chi connectivity index (χ0n) is 18.1. The number of hydrogen-bond donors (Lipinski definition) is 1. The van der Waals surface area contributed by atoms with Crippen LogP contribution in [0.15, 0.2) is 101 Å². The molecular formula is C27H24N4S. The SMILES string of the molecule is CC(C)N=c1scc(-c2ccc(-c3ccccc3)cc2)n1N=Cc1c[nH]c2ccccc12. The molecule has 4 nitrogen and oxygen atoms in total. The second-order valence-corrected chi connectivity index (χ2v) is 8.75. The maximum atomic E-state index is 4.86. The highest BCUT2D eigenvalue weighted by molar-refractivity contribution is 7.07. The minimum atomic E-state index is 0.191. The Hall–Kier alpha value is -3.70. The Morgan fingerprint density at radius 2 is 1.53 bits per heavy atom. The number of aromatic amines is 1. The molecule has 0 aliphatic rings. The number of aromatic nitrogens is 2. The van der Waals surface area contributed by atoms with E-state index in [4.69, 9.17) is 10.1 Å². The van der Waals surface area contributed by atoms with Crippen LogP contribution in [0.3, 0.4) is 0 Å². The number of nitrogens with zero attached hydrogens (tertiary/aromatic N) is 3. The smallest absolute Gasteiger partial charge is 0.206 e. The summed E-state index contributed by atoms with van der Waals surface area (Å²) in [6, 6.07) is 27.5. The van der Waals surface area contributed by atoms with Crippen molar-refractivity contribution in [1.29, 1.82) is 0 Å². The van der Waals surface area contributed by atoms with Crippen LogP contribution < -0.4 is 4.80 Å². The van der Waals surface area contributed by atoms with Gasteiger partial charge in [-0.05, 0) is 31.0 Å². The highest BCUT2D eigenvalue weighted by Crippen LogP contribution is 2.25. The molecule has 2 aromatic heterocycles. The van der Waals surface area contributed by atoms with Gasteiger partial charge < -0.3 is 4.98 Å². The Balaban J connectivity index is 1.56. The van der Waals surface area contributed by atoms with Gasteiger partial charge >= 0.3 is 0 Å². The highest BCUT2D eigenvalue weighted by atomic mass is 32.1. The first-order chi connectivity index (χ1) is 15.7. The Bertz CT molecular complexity index is 1430. The second kappa shape index (κ2) is 8.81. The number of fused-ring (bicyclic) bond motifs is 1. The standard InChI is InChI=1S/C27H24N4S/c1-19(2)30-27-31(29-17-23-16-28-25-11-7-6-10-24(23)25)26(18-32-27)22-14-12-21(13-15-22)20-8-4-3-5-9-20/h3-19,28H,1-2H3. The van der Waals surface area contributed by atoms with Crippen molar-refractivity contribution in [2.45, 2.75) is 19.9 Å². The van der Waals surface area contributed by atoms with Gasteiger partial charge in [-0.3, -0.25) is 4.99 Å². The van der Waals surface area contributed by atoms with Crippen LogP contribution >= 0.6 is 11.3 Å². The monoisotopic (exact) mass is 436 g/mol. The number of nitrogens with one attached hydrogen (secondary N) is 1. The van der Waals surface area contributed by atoms with E-state index in [0.717, 1.165) is 32.5 Å². The maximum Gasteiger partial charge on any atom is 0.206 e. The summed E-state index contributed by atoms with van der Waals surface area (Å²) in [7, 11) is 0. The topological polar surface area (TPSA) is 45.4 Å². The third-order valence-electron chi connectivity index (χ3n) is 5.28. The summed E-state index contributed by atoms with van der Waals surface area (Å²) in [5.74, 6) is 0. The zero-order valence-corrected chi connectivity index (χ0v) is 18.9. The van der Waals surface area contributed by atoms with Crippen molar-refractivity contribution in [1.82, 2.24) is 9.66 Å². The molecule has 0 radical (unpaired) electrons. The average molecular weight is 437 g/mol. The lowest BCUT2D eigenvalue weighted by Crippen LogP contribution is -2.14. The summed E-state index contributed by atoms with van der Waals surface area (Å²) in [6.07, 6.45) is 3.90. The zero-order chi connectivity index (χ0) is 21.9. The number of H-pyrrole nitrogens is 1. The van der Waals surface area contributed by atoms with Crippen LogP contribution in [0.25, 0.3) is 33.3 Å². The lowest BCUT2D eigenvalue weighted by atomic mass is 10.0. The van der Waals surface area contributed by atoms with Gasteiger partial charge in [-0.1, -0.05) is 72.8 Å². The first-order valence-corrected chi connectivity index (χ1v) is 11.6. The van der Waals surface area contributed by atoms with Crippen molar-refractivity contribution >= 4 is 28.5 Å². The number of hydrogen-bond acceptors (Lipinski definition) is 3. The summed E-state index contributed by atoms with van der Waals surface area (Å²) in [6.45, 7) is 4.17. The molecule has 3 aromatic carbocycles. The normalized spacial score (nSPS) is 12.4. The van der Waals surface area contributed by atoms with Gasteiger partial charge in [0.25, 0.3) is 0 Å². The summed E-state index contributed by atoms with van der Waals surface area (Å²) in [4.78, 5) is 8.99. The first kappa shape index (κ1) is 20.2. The van der Waals surface area contributed by atoms with E-state index >= 15 is 0 Å². The molecule has 5 aromatic rings. The third-order valence-corrected chi connectivity index (χ3v) is 6.11. The molecule has 0 saturated carbocycles. The molecule has 5 rings (SSSR count). The number of benzene rings is 3. The van der Waals surface area contributed by atoms with E-state index in [2.05, 4.69) is 84.9 Å². The minimum Gasteiger partial charge on any atom is -0.361 e. The lowest BCUT2D eigenvalue weighted by molar-refractivity contribution is 0.755. The molecule has 0 saturated heterocycles. The molecule has 32 heavy (non-hydrogen) atoms. The predicted octanol–water partition coefficient (Wildman–Crippen LogP) is 6.56. The molecule has 158 valence electrons. The predicted molar refractivity (Wildman–Crippen MR) is 135 cm³/mol. The summed E-state index contributed by atoms with van der Waals surface area (Å²) in [5, 5.41) is 8.14. The van der Waals surface area contributed by atoms with Crippen molar-refractivity contribution in [3.8, 4) is 22.4 Å². The molecule has 0 aliphatic heterocycles. The van der Waals surface area contributed by atoms with Gasteiger partial charge in [0.2, 0.25) is 4.80 Å². The molecule has 0 fully saturated rings. The minimum absolute atomic E-state index is 0.191. The van der Waals surface area contributed by atoms with Gasteiger partial charge in [0.05, 0.1) is 11.9 Å². The maximum absolute atomic E-state index is 4.86. The number of para-hydroxylation sites is 1. The lowest BCUT2D eigenvalue weighted by Gasteiger charge is -2.06. The fourth-order valence-electron chi connectivity index (χ4n) is 3.70. The molecular weight excluding hydrogens is 412 g/mol. The molecule has 1 N–H and O–H groups in total. The van der Waals surface area contributed by atoms with Gasteiger partial charge in [-0.15, -0.1) is 11.3 Å². The van der Waals surface area contributed by atoms with Gasteiger partial charge in [-0.25, -0.2) is 4.68 Å². The highest BCUT2D eigenvalue weighted by Gasteiger charge is 2.09. The van der Waals surface area contributed by atoms with Crippen molar-refractivity contribution in [2.75, 3.05) is 0 Å². The van der Waals surface area contributed by atoms with Gasteiger partial charge in [0, 0.05) is 39.6 Å². The first-order valence-electron chi connectivity index (χ1n) is 10.7. The summed E-state index contributed by atoms with van der Waals surface area (Å²) in [5.41, 5.74) is 6.72. The molecule has 0 bridgehead atoms. The van der Waals surface area contributed by atoms with Crippen LogP contribution in [0.2, 0.25) is 0 Å². The summed E-state index contributed by atoms with van der Waals surface area (Å²) >= 11 is 1.62. The second-order valence-electron chi connectivity index (χ2n) is 7.92. The molecule has 0 aliphatic carbocycles. The quantitative estimate of drug-likeness (QED) is 0.303. The molecule has 2 heterocycles. The van der Waals surface area contributed by atoms with Gasteiger partial charge in [0.1, 0.15) is 0 Å². The van der Waals surface area contributed by atoms with E-state index in [9.17, 15) is 0 Å². The van der Waals surface area contributed by atoms with Crippen LogP contribution in [0.5, 0.6) is 0 Å². The van der Waals surface area contributed by atoms with E-state index in [1.807, 2.05) is 35.3 Å². The van der Waals surface area contributed by atoms with Crippen molar-refractivity contribution < 1.29 is 0 Å². The van der Waals surface area contributed by atoms with E-state index < -0.39 is 0 Å². The fraction of sp³-hybridized carbons (Fsp3) is 0.111. The Labute approximate surface area is 191 Å². The Morgan fingerprint density at radius 1 is 0.844 bits per heavy atom. The largest absolute Gasteiger partial charge is 0.361 e. The molecule has 0 amide bonds. The fourth-order valence-corrected chi connectivity index (χ4v) is 4.67. The molecule has 5 heteroatoms. The Morgan fingerprint density at radius 3 is 2.31 bits per heavy atom. The number of thiazole rings is 1. The van der Waals surface area contributed by atoms with Crippen LogP contribution in [-0.4, -0.2) is 21.9 Å². The van der Waals surface area contributed by atoms with E-state index in [1.54, 1.807) is 11.3 Å². The van der Waals surface area contributed by atoms with Crippen molar-refractivity contribution in [3.05, 3.63) is 101 Å². The van der Waals surface area contributed by atoms with Crippen LogP contribution in [0, 0.1) is 0 Å².